The standard InChI is InChI=1S/C25H42O4Si2/c1-7-30(8-2,9-3)28-24(21-17-14-13-15-18-21)25(22-19-16-20-23(26)27-22)29-31(10-4,11-5)12-6/h13-18,20,22,24-25H,7-12,19H2,1-6H3/t22-,24+,25-/m0/s1. The van der Waals surface area contributed by atoms with E-state index in [0.29, 0.717) is 6.42 Å². The lowest BCUT2D eigenvalue weighted by Gasteiger charge is -2.44. The van der Waals surface area contributed by atoms with Gasteiger partial charge in [0.05, 0.1) is 6.10 Å². The monoisotopic (exact) mass is 462 g/mol. The molecule has 1 heterocycles. The van der Waals surface area contributed by atoms with Crippen molar-refractivity contribution in [3.63, 3.8) is 0 Å². The van der Waals surface area contributed by atoms with Crippen LogP contribution in [0.4, 0.5) is 0 Å². The maximum absolute atomic E-state index is 12.2. The molecule has 0 saturated heterocycles. The van der Waals surface area contributed by atoms with Gasteiger partial charge in [-0.25, -0.2) is 4.79 Å². The van der Waals surface area contributed by atoms with Crippen molar-refractivity contribution in [2.45, 2.75) is 103 Å². The van der Waals surface area contributed by atoms with Gasteiger partial charge in [0.1, 0.15) is 12.2 Å². The van der Waals surface area contributed by atoms with E-state index in [1.807, 2.05) is 12.1 Å². The molecule has 2 rings (SSSR count). The number of hydrogen-bond donors (Lipinski definition) is 0. The molecule has 6 heteroatoms. The highest BCUT2D eigenvalue weighted by Gasteiger charge is 2.44. The fourth-order valence-electron chi connectivity index (χ4n) is 4.59. The van der Waals surface area contributed by atoms with Crippen molar-refractivity contribution < 1.29 is 18.4 Å². The van der Waals surface area contributed by atoms with Crippen LogP contribution in [0.25, 0.3) is 0 Å². The molecule has 1 aromatic rings. The predicted molar refractivity (Wildman–Crippen MR) is 133 cm³/mol. The van der Waals surface area contributed by atoms with E-state index in [2.05, 4.69) is 65.8 Å². The molecule has 0 radical (unpaired) electrons. The fraction of sp³-hybridized carbons (Fsp3) is 0.640. The summed E-state index contributed by atoms with van der Waals surface area (Å²) in [6.45, 7) is 13.5. The van der Waals surface area contributed by atoms with Gasteiger partial charge in [0.2, 0.25) is 0 Å². The Balaban J connectivity index is 2.56. The van der Waals surface area contributed by atoms with Crippen LogP contribution in [-0.2, 0) is 18.4 Å². The van der Waals surface area contributed by atoms with Gasteiger partial charge in [-0.2, -0.15) is 0 Å². The smallest absolute Gasteiger partial charge is 0.330 e. The molecule has 174 valence electrons. The van der Waals surface area contributed by atoms with Crippen LogP contribution in [0.3, 0.4) is 0 Å². The van der Waals surface area contributed by atoms with E-state index in [4.69, 9.17) is 13.6 Å². The average Bonchev–Trinajstić information content (AvgIpc) is 2.83. The predicted octanol–water partition coefficient (Wildman–Crippen LogP) is 7.01. The van der Waals surface area contributed by atoms with E-state index < -0.39 is 16.6 Å². The molecule has 0 spiro atoms. The Morgan fingerprint density at radius 1 is 0.871 bits per heavy atom. The van der Waals surface area contributed by atoms with Crippen molar-refractivity contribution in [3.05, 3.63) is 48.0 Å². The summed E-state index contributed by atoms with van der Waals surface area (Å²) in [6.07, 6.45) is 3.28. The van der Waals surface area contributed by atoms with E-state index in [1.54, 1.807) is 0 Å². The summed E-state index contributed by atoms with van der Waals surface area (Å²) >= 11 is 0. The summed E-state index contributed by atoms with van der Waals surface area (Å²) in [7, 11) is -3.90. The van der Waals surface area contributed by atoms with Crippen LogP contribution in [-0.4, -0.2) is 34.8 Å². The Bertz CT molecular complexity index is 682. The van der Waals surface area contributed by atoms with Crippen molar-refractivity contribution in [1.82, 2.24) is 0 Å². The van der Waals surface area contributed by atoms with E-state index in [0.717, 1.165) is 41.8 Å². The zero-order valence-corrected chi connectivity index (χ0v) is 22.4. The number of carbonyl (C=O) groups is 1. The fourth-order valence-corrected chi connectivity index (χ4v) is 10.3. The van der Waals surface area contributed by atoms with Crippen molar-refractivity contribution in [1.29, 1.82) is 0 Å². The topological polar surface area (TPSA) is 44.8 Å². The first-order valence-electron chi connectivity index (χ1n) is 12.2. The molecular formula is C25H42O4Si2. The van der Waals surface area contributed by atoms with Gasteiger partial charge >= 0.3 is 5.97 Å². The summed E-state index contributed by atoms with van der Waals surface area (Å²) < 4.78 is 20.1. The van der Waals surface area contributed by atoms with Crippen molar-refractivity contribution in [2.24, 2.45) is 0 Å². The number of rotatable bonds is 13. The third-order valence-corrected chi connectivity index (χ3v) is 16.6. The summed E-state index contributed by atoms with van der Waals surface area (Å²) in [5, 5.41) is 0. The second kappa shape index (κ2) is 12.1. The number of esters is 1. The van der Waals surface area contributed by atoms with E-state index in [1.165, 1.54) is 6.08 Å². The molecule has 0 saturated carbocycles. The Morgan fingerprint density at radius 3 is 1.87 bits per heavy atom. The lowest BCUT2D eigenvalue weighted by atomic mass is 9.97. The minimum atomic E-state index is -1.97. The van der Waals surface area contributed by atoms with Crippen LogP contribution in [0.1, 0.15) is 59.6 Å². The number of carbonyl (C=O) groups excluding carboxylic acids is 1. The molecule has 0 unspecified atom stereocenters. The lowest BCUT2D eigenvalue weighted by Crippen LogP contribution is -2.51. The van der Waals surface area contributed by atoms with Gasteiger partial charge in [-0.05, 0) is 41.8 Å². The first-order chi connectivity index (χ1) is 14.9. The zero-order valence-electron chi connectivity index (χ0n) is 20.4. The highest BCUT2D eigenvalue weighted by Crippen LogP contribution is 2.38. The van der Waals surface area contributed by atoms with Crippen molar-refractivity contribution in [3.8, 4) is 0 Å². The molecule has 0 amide bonds. The first kappa shape index (κ1) is 26.0. The summed E-state index contributed by atoms with van der Waals surface area (Å²) in [5.74, 6) is -0.279. The molecular weight excluding hydrogens is 420 g/mol. The second-order valence-electron chi connectivity index (χ2n) is 8.63. The van der Waals surface area contributed by atoms with Crippen LogP contribution in [0.5, 0.6) is 0 Å². The highest BCUT2D eigenvalue weighted by molar-refractivity contribution is 6.74. The van der Waals surface area contributed by atoms with Crippen LogP contribution < -0.4 is 0 Å². The van der Waals surface area contributed by atoms with E-state index >= 15 is 0 Å². The molecule has 3 atom stereocenters. The molecule has 0 aromatic heterocycles. The van der Waals surface area contributed by atoms with Crippen LogP contribution >= 0.6 is 0 Å². The maximum atomic E-state index is 12.2. The van der Waals surface area contributed by atoms with Gasteiger partial charge < -0.3 is 13.6 Å². The third kappa shape index (κ3) is 6.40. The number of ether oxygens (including phenoxy) is 1. The minimum Gasteiger partial charge on any atom is -0.456 e. The van der Waals surface area contributed by atoms with Crippen molar-refractivity contribution in [2.75, 3.05) is 0 Å². The van der Waals surface area contributed by atoms with Crippen LogP contribution in [0, 0.1) is 0 Å². The van der Waals surface area contributed by atoms with Crippen LogP contribution in [0.15, 0.2) is 42.5 Å². The normalized spacial score (nSPS) is 19.2. The van der Waals surface area contributed by atoms with E-state index in [9.17, 15) is 4.79 Å². The average molecular weight is 463 g/mol. The Hall–Kier alpha value is -1.22. The van der Waals surface area contributed by atoms with Crippen molar-refractivity contribution >= 4 is 22.6 Å². The Morgan fingerprint density at radius 2 is 1.39 bits per heavy atom. The lowest BCUT2D eigenvalue weighted by molar-refractivity contribution is -0.153. The Labute approximate surface area is 191 Å². The SMILES string of the molecule is CC[Si](CC)(CC)O[C@@H]([C@@H]1CC=CC(=O)O1)[C@H](O[Si](CC)(CC)CC)c1ccccc1. The molecule has 4 nitrogen and oxygen atoms in total. The highest BCUT2D eigenvalue weighted by atomic mass is 28.4. The molecule has 0 bridgehead atoms. The number of cyclic esters (lactones) is 1. The third-order valence-electron chi connectivity index (χ3n) is 7.31. The molecule has 0 fully saturated rings. The quantitative estimate of drug-likeness (QED) is 0.233. The molecule has 31 heavy (non-hydrogen) atoms. The van der Waals surface area contributed by atoms with Gasteiger partial charge in [0, 0.05) is 12.5 Å². The second-order valence-corrected chi connectivity index (χ2v) is 18.1. The molecule has 1 aromatic carbocycles. The number of benzene rings is 1. The summed E-state index contributed by atoms with van der Waals surface area (Å²) in [4.78, 5) is 12.2. The molecule has 0 N–H and O–H groups in total. The van der Waals surface area contributed by atoms with E-state index in [-0.39, 0.29) is 24.3 Å². The molecule has 1 aliphatic rings. The van der Waals surface area contributed by atoms with Crippen LogP contribution in [0.2, 0.25) is 36.3 Å². The molecule has 1 aliphatic heterocycles. The van der Waals surface area contributed by atoms with Gasteiger partial charge in [-0.15, -0.1) is 0 Å². The molecule has 0 aliphatic carbocycles. The van der Waals surface area contributed by atoms with Gasteiger partial charge in [0.15, 0.2) is 16.6 Å². The minimum absolute atomic E-state index is 0.228. The first-order valence-corrected chi connectivity index (χ1v) is 17.3. The Kier molecular flexibility index (Phi) is 10.2. The number of hydrogen-bond acceptors (Lipinski definition) is 4. The zero-order chi connectivity index (χ0) is 22.9. The largest absolute Gasteiger partial charge is 0.456 e. The summed E-state index contributed by atoms with van der Waals surface area (Å²) in [6, 6.07) is 16.8. The van der Waals surface area contributed by atoms with Gasteiger partial charge in [-0.3, -0.25) is 0 Å². The van der Waals surface area contributed by atoms with Gasteiger partial charge in [-0.1, -0.05) is 78.0 Å². The maximum Gasteiger partial charge on any atom is 0.330 e. The van der Waals surface area contributed by atoms with Gasteiger partial charge in [0.25, 0.3) is 0 Å². The summed E-state index contributed by atoms with van der Waals surface area (Å²) in [5.41, 5.74) is 1.12.